The first-order valence-corrected chi connectivity index (χ1v) is 8.58. The Bertz CT molecular complexity index is 1090. The predicted molar refractivity (Wildman–Crippen MR) is 105 cm³/mol. The Hall–Kier alpha value is -3.95. The van der Waals surface area contributed by atoms with Crippen molar-refractivity contribution in [1.82, 2.24) is 4.98 Å². The normalized spacial score (nSPS) is 11.1. The van der Waals surface area contributed by atoms with Crippen molar-refractivity contribution in [2.45, 2.75) is 13.3 Å². The maximum Gasteiger partial charge on any atom is 0.573 e. The smallest absolute Gasteiger partial charge is 0.455 e. The SMILES string of the molecule is Cc1ccc(Oc2ccnc(N)c2N)cc1NC(=O)c1cccc(OC(F)(F)F)c1. The average Bonchev–Trinajstić information content (AvgIpc) is 2.67. The average molecular weight is 418 g/mol. The number of nitrogens with zero attached hydrogens (tertiary/aromatic N) is 1. The highest BCUT2D eigenvalue weighted by Crippen LogP contribution is 2.32. The first-order chi connectivity index (χ1) is 14.1. The molecule has 0 spiro atoms. The summed E-state index contributed by atoms with van der Waals surface area (Å²) < 4.78 is 46.7. The summed E-state index contributed by atoms with van der Waals surface area (Å²) >= 11 is 0. The Balaban J connectivity index is 1.80. The third kappa shape index (κ3) is 5.10. The monoisotopic (exact) mass is 418 g/mol. The first-order valence-electron chi connectivity index (χ1n) is 8.58. The minimum absolute atomic E-state index is 0.00590. The molecule has 1 heterocycles. The molecule has 3 aromatic rings. The van der Waals surface area contributed by atoms with Crippen LogP contribution in [-0.2, 0) is 0 Å². The van der Waals surface area contributed by atoms with Crippen molar-refractivity contribution in [3.63, 3.8) is 0 Å². The number of hydrogen-bond donors (Lipinski definition) is 3. The molecule has 156 valence electrons. The maximum atomic E-state index is 12.5. The van der Waals surface area contributed by atoms with Gasteiger partial charge in [0.25, 0.3) is 5.91 Å². The number of nitrogens with two attached hydrogens (primary N) is 2. The summed E-state index contributed by atoms with van der Waals surface area (Å²) in [6.07, 6.45) is -3.41. The molecular formula is C20H17F3N4O3. The van der Waals surface area contributed by atoms with Gasteiger partial charge in [0.15, 0.2) is 5.75 Å². The number of nitrogen functional groups attached to an aromatic ring is 2. The van der Waals surface area contributed by atoms with Gasteiger partial charge >= 0.3 is 6.36 Å². The maximum absolute atomic E-state index is 12.5. The Morgan fingerprint density at radius 1 is 1.07 bits per heavy atom. The third-order valence-electron chi connectivity index (χ3n) is 4.00. The van der Waals surface area contributed by atoms with Crippen molar-refractivity contribution >= 4 is 23.1 Å². The van der Waals surface area contributed by atoms with E-state index in [2.05, 4.69) is 15.0 Å². The van der Waals surface area contributed by atoms with Crippen molar-refractivity contribution < 1.29 is 27.4 Å². The summed E-state index contributed by atoms with van der Waals surface area (Å²) in [5.41, 5.74) is 12.8. The van der Waals surface area contributed by atoms with Crippen LogP contribution >= 0.6 is 0 Å². The molecule has 0 aliphatic heterocycles. The van der Waals surface area contributed by atoms with E-state index in [-0.39, 0.29) is 17.1 Å². The molecule has 0 aliphatic rings. The number of aromatic nitrogens is 1. The number of carbonyl (C=O) groups excluding carboxylic acids is 1. The van der Waals surface area contributed by atoms with E-state index in [1.54, 1.807) is 25.1 Å². The van der Waals surface area contributed by atoms with Gasteiger partial charge < -0.3 is 26.3 Å². The molecule has 0 saturated carbocycles. The van der Waals surface area contributed by atoms with E-state index in [4.69, 9.17) is 16.2 Å². The second kappa shape index (κ2) is 8.19. The highest BCUT2D eigenvalue weighted by Gasteiger charge is 2.31. The number of amides is 1. The number of nitrogens with one attached hydrogen (secondary N) is 1. The van der Waals surface area contributed by atoms with Crippen LogP contribution in [0.5, 0.6) is 17.2 Å². The molecule has 0 aliphatic carbocycles. The van der Waals surface area contributed by atoms with Gasteiger partial charge in [-0.25, -0.2) is 4.98 Å². The van der Waals surface area contributed by atoms with E-state index in [9.17, 15) is 18.0 Å². The molecular weight excluding hydrogens is 401 g/mol. The van der Waals surface area contributed by atoms with E-state index in [0.29, 0.717) is 22.7 Å². The highest BCUT2D eigenvalue weighted by molar-refractivity contribution is 6.05. The van der Waals surface area contributed by atoms with Gasteiger partial charge in [0.2, 0.25) is 0 Å². The third-order valence-corrected chi connectivity index (χ3v) is 4.00. The molecule has 0 unspecified atom stereocenters. The summed E-state index contributed by atoms with van der Waals surface area (Å²) in [5, 5.41) is 2.64. The van der Waals surface area contributed by atoms with Crippen molar-refractivity contribution in [2.24, 2.45) is 0 Å². The molecule has 10 heteroatoms. The quantitative estimate of drug-likeness (QED) is 0.563. The van der Waals surface area contributed by atoms with Crippen LogP contribution in [0.15, 0.2) is 54.7 Å². The molecule has 0 atom stereocenters. The van der Waals surface area contributed by atoms with Gasteiger partial charge in [-0.3, -0.25) is 4.79 Å². The standard InChI is InChI=1S/C20H17F3N4O3/c1-11-5-6-13(29-16-7-8-26-18(25)17(16)24)10-15(11)27-19(28)12-3-2-4-14(9-12)30-20(21,22)23/h2-10H,24H2,1H3,(H2,25,26)(H,27,28). The molecule has 5 N–H and O–H groups in total. The lowest BCUT2D eigenvalue weighted by molar-refractivity contribution is -0.274. The van der Waals surface area contributed by atoms with Crippen LogP contribution in [0.2, 0.25) is 0 Å². The number of pyridine rings is 1. The summed E-state index contributed by atoms with van der Waals surface area (Å²) in [4.78, 5) is 16.4. The lowest BCUT2D eigenvalue weighted by atomic mass is 10.1. The van der Waals surface area contributed by atoms with Crippen molar-refractivity contribution in [3.8, 4) is 17.2 Å². The summed E-state index contributed by atoms with van der Waals surface area (Å²) in [6.45, 7) is 1.75. The minimum atomic E-state index is -4.85. The molecule has 3 rings (SSSR count). The number of benzene rings is 2. The number of hydrogen-bond acceptors (Lipinski definition) is 6. The number of rotatable bonds is 5. The summed E-state index contributed by atoms with van der Waals surface area (Å²) in [5.74, 6) is -0.331. The van der Waals surface area contributed by atoms with Gasteiger partial charge in [0, 0.05) is 29.6 Å². The van der Waals surface area contributed by atoms with Crippen molar-refractivity contribution in [2.75, 3.05) is 16.8 Å². The van der Waals surface area contributed by atoms with Crippen LogP contribution in [-0.4, -0.2) is 17.3 Å². The van der Waals surface area contributed by atoms with Crippen LogP contribution in [0.4, 0.5) is 30.4 Å². The fourth-order valence-corrected chi connectivity index (χ4v) is 2.51. The van der Waals surface area contributed by atoms with E-state index >= 15 is 0 Å². The molecule has 0 saturated heterocycles. The number of anilines is 3. The zero-order valence-corrected chi connectivity index (χ0v) is 15.7. The molecule has 1 amide bonds. The van der Waals surface area contributed by atoms with Crippen LogP contribution in [0, 0.1) is 6.92 Å². The molecule has 1 aromatic heterocycles. The van der Waals surface area contributed by atoms with Crippen LogP contribution in [0.3, 0.4) is 0 Å². The highest BCUT2D eigenvalue weighted by atomic mass is 19.4. The predicted octanol–water partition coefficient (Wildman–Crippen LogP) is 4.50. The zero-order valence-electron chi connectivity index (χ0n) is 15.7. The lowest BCUT2D eigenvalue weighted by Gasteiger charge is -2.14. The second-order valence-electron chi connectivity index (χ2n) is 6.22. The molecule has 2 aromatic carbocycles. The van der Waals surface area contributed by atoms with Gasteiger partial charge in [-0.05, 0) is 36.8 Å². The largest absolute Gasteiger partial charge is 0.573 e. The van der Waals surface area contributed by atoms with Gasteiger partial charge in [0.05, 0.1) is 0 Å². The second-order valence-corrected chi connectivity index (χ2v) is 6.22. The Morgan fingerprint density at radius 3 is 2.57 bits per heavy atom. The Labute approximate surface area is 169 Å². The summed E-state index contributed by atoms with van der Waals surface area (Å²) in [6, 6.07) is 11.2. The van der Waals surface area contributed by atoms with E-state index < -0.39 is 18.0 Å². The van der Waals surface area contributed by atoms with Crippen LogP contribution in [0.1, 0.15) is 15.9 Å². The first kappa shape index (κ1) is 20.8. The zero-order chi connectivity index (χ0) is 21.9. The van der Waals surface area contributed by atoms with Crippen LogP contribution < -0.4 is 26.3 Å². The van der Waals surface area contributed by atoms with E-state index in [1.807, 2.05) is 0 Å². The number of aryl methyl sites for hydroxylation is 1. The number of ether oxygens (including phenoxy) is 2. The minimum Gasteiger partial charge on any atom is -0.455 e. The molecule has 30 heavy (non-hydrogen) atoms. The Kier molecular flexibility index (Phi) is 5.67. The number of alkyl halides is 3. The van der Waals surface area contributed by atoms with Crippen molar-refractivity contribution in [3.05, 3.63) is 65.9 Å². The topological polar surface area (TPSA) is 112 Å². The van der Waals surface area contributed by atoms with Gasteiger partial charge in [-0.15, -0.1) is 13.2 Å². The Morgan fingerprint density at radius 2 is 1.83 bits per heavy atom. The molecule has 0 fully saturated rings. The molecule has 0 radical (unpaired) electrons. The summed E-state index contributed by atoms with van der Waals surface area (Å²) in [7, 11) is 0. The number of halogens is 3. The van der Waals surface area contributed by atoms with E-state index in [1.165, 1.54) is 24.4 Å². The van der Waals surface area contributed by atoms with E-state index in [0.717, 1.165) is 12.1 Å². The fourth-order valence-electron chi connectivity index (χ4n) is 2.51. The van der Waals surface area contributed by atoms with Gasteiger partial charge in [-0.2, -0.15) is 0 Å². The van der Waals surface area contributed by atoms with Crippen LogP contribution in [0.25, 0.3) is 0 Å². The number of carbonyl (C=O) groups is 1. The molecule has 0 bridgehead atoms. The van der Waals surface area contributed by atoms with Crippen molar-refractivity contribution in [1.29, 1.82) is 0 Å². The van der Waals surface area contributed by atoms with Gasteiger partial charge in [-0.1, -0.05) is 12.1 Å². The molecule has 7 nitrogen and oxygen atoms in total. The lowest BCUT2D eigenvalue weighted by Crippen LogP contribution is -2.18. The van der Waals surface area contributed by atoms with Gasteiger partial charge in [0.1, 0.15) is 23.0 Å². The fraction of sp³-hybridized carbons (Fsp3) is 0.100.